The lowest BCUT2D eigenvalue weighted by Crippen LogP contribution is -2.43. The fourth-order valence-electron chi connectivity index (χ4n) is 5.03. The molecule has 176 valence electrons. The maximum atomic E-state index is 14.3. The highest BCUT2D eigenvalue weighted by atomic mass is 79.9. The van der Waals surface area contributed by atoms with Crippen molar-refractivity contribution in [3.8, 4) is 0 Å². The third-order valence-corrected chi connectivity index (χ3v) is 7.05. The van der Waals surface area contributed by atoms with Gasteiger partial charge in [-0.05, 0) is 63.7 Å². The van der Waals surface area contributed by atoms with E-state index >= 15 is 0 Å². The Hall–Kier alpha value is -3.58. The summed E-state index contributed by atoms with van der Waals surface area (Å²) in [6.07, 6.45) is 2.52. The highest BCUT2D eigenvalue weighted by Crippen LogP contribution is 2.47. The standard InChI is InChI=1S/C28H23BrFN3O2/c1-16-25(28(35)33-24-11-10-20(29)15-31-24)26(18-8-5-9-21(30)12-18)27-22(32-16)13-19(14-23(27)34)17-6-3-2-4-7-17/h2-12,15,19,25-26,32H,1,13-14H2,(H,31,33,35). The summed E-state index contributed by atoms with van der Waals surface area (Å²) < 4.78 is 15.1. The molecule has 1 aromatic heterocycles. The van der Waals surface area contributed by atoms with E-state index in [1.807, 2.05) is 30.3 Å². The van der Waals surface area contributed by atoms with E-state index < -0.39 is 17.7 Å². The van der Waals surface area contributed by atoms with Crippen LogP contribution in [0.4, 0.5) is 10.2 Å². The number of nitrogens with zero attached hydrogens (tertiary/aromatic N) is 1. The van der Waals surface area contributed by atoms with Crippen molar-refractivity contribution in [2.24, 2.45) is 5.92 Å². The molecule has 2 N–H and O–H groups in total. The minimum Gasteiger partial charge on any atom is -0.362 e. The number of carbonyl (C=O) groups excluding carboxylic acids is 2. The quantitative estimate of drug-likeness (QED) is 0.443. The molecule has 0 fully saturated rings. The number of ketones is 1. The Labute approximate surface area is 211 Å². The number of allylic oxidation sites excluding steroid dienone is 2. The average molecular weight is 532 g/mol. The first-order chi connectivity index (χ1) is 16.9. The largest absolute Gasteiger partial charge is 0.362 e. The number of hydrogen-bond donors (Lipinski definition) is 2. The highest BCUT2D eigenvalue weighted by Gasteiger charge is 2.44. The number of carbonyl (C=O) groups is 2. The molecule has 5 rings (SSSR count). The summed E-state index contributed by atoms with van der Waals surface area (Å²) in [7, 11) is 0. The Kier molecular flexibility index (Phi) is 6.34. The van der Waals surface area contributed by atoms with Gasteiger partial charge < -0.3 is 10.6 Å². The van der Waals surface area contributed by atoms with Crippen molar-refractivity contribution in [2.75, 3.05) is 5.32 Å². The van der Waals surface area contributed by atoms with E-state index in [9.17, 15) is 14.0 Å². The molecule has 7 heteroatoms. The molecule has 35 heavy (non-hydrogen) atoms. The summed E-state index contributed by atoms with van der Waals surface area (Å²) >= 11 is 3.33. The first kappa shape index (κ1) is 23.2. The van der Waals surface area contributed by atoms with Crippen molar-refractivity contribution in [2.45, 2.75) is 24.7 Å². The maximum absolute atomic E-state index is 14.3. The number of benzene rings is 2. The van der Waals surface area contributed by atoms with Crippen molar-refractivity contribution in [1.82, 2.24) is 10.3 Å². The second kappa shape index (κ2) is 9.58. The number of amides is 1. The van der Waals surface area contributed by atoms with Crippen molar-refractivity contribution >= 4 is 33.4 Å². The molecule has 2 heterocycles. The van der Waals surface area contributed by atoms with Gasteiger partial charge in [0.15, 0.2) is 5.78 Å². The van der Waals surface area contributed by atoms with Crippen LogP contribution in [-0.4, -0.2) is 16.7 Å². The molecular formula is C28H23BrFN3O2. The van der Waals surface area contributed by atoms with E-state index in [2.05, 4.69) is 38.1 Å². The van der Waals surface area contributed by atoms with Crippen molar-refractivity contribution < 1.29 is 14.0 Å². The van der Waals surface area contributed by atoms with Crippen LogP contribution in [0.15, 0.2) is 101 Å². The number of Topliss-reactive ketones (excluding diaryl/α,β-unsaturated/α-hetero) is 1. The molecule has 5 nitrogen and oxygen atoms in total. The summed E-state index contributed by atoms with van der Waals surface area (Å²) in [5, 5.41) is 6.10. The summed E-state index contributed by atoms with van der Waals surface area (Å²) in [5.74, 6) is -1.92. The predicted octanol–water partition coefficient (Wildman–Crippen LogP) is 5.84. The van der Waals surface area contributed by atoms with Crippen LogP contribution >= 0.6 is 15.9 Å². The fraction of sp³-hybridized carbons (Fsp3) is 0.179. The topological polar surface area (TPSA) is 71.1 Å². The number of hydrogen-bond acceptors (Lipinski definition) is 4. The first-order valence-corrected chi connectivity index (χ1v) is 12.1. The van der Waals surface area contributed by atoms with Gasteiger partial charge in [-0.15, -0.1) is 0 Å². The van der Waals surface area contributed by atoms with E-state index in [0.717, 1.165) is 15.7 Å². The minimum atomic E-state index is -0.821. The van der Waals surface area contributed by atoms with Crippen LogP contribution in [-0.2, 0) is 9.59 Å². The molecule has 1 aliphatic heterocycles. The Balaban J connectivity index is 1.55. The van der Waals surface area contributed by atoms with Gasteiger partial charge in [0, 0.05) is 40.0 Å². The second-order valence-electron chi connectivity index (χ2n) is 8.84. The van der Waals surface area contributed by atoms with E-state index in [0.29, 0.717) is 35.5 Å². The van der Waals surface area contributed by atoms with Gasteiger partial charge in [0.2, 0.25) is 5.91 Å². The van der Waals surface area contributed by atoms with Gasteiger partial charge in [-0.25, -0.2) is 9.37 Å². The molecule has 3 atom stereocenters. The van der Waals surface area contributed by atoms with Crippen LogP contribution < -0.4 is 10.6 Å². The van der Waals surface area contributed by atoms with Crippen LogP contribution in [0.5, 0.6) is 0 Å². The van der Waals surface area contributed by atoms with Gasteiger partial charge in [-0.2, -0.15) is 0 Å². The molecule has 2 aromatic carbocycles. The lowest BCUT2D eigenvalue weighted by Gasteiger charge is -2.40. The molecule has 1 aliphatic carbocycles. The van der Waals surface area contributed by atoms with Crippen molar-refractivity contribution in [3.63, 3.8) is 0 Å². The SMILES string of the molecule is C=C1NC2=C(C(=O)CC(c3ccccc3)C2)C(c2cccc(F)c2)C1C(=O)Nc1ccc(Br)cn1. The van der Waals surface area contributed by atoms with Crippen LogP contribution in [0.25, 0.3) is 0 Å². The Bertz CT molecular complexity index is 1340. The zero-order valence-corrected chi connectivity index (χ0v) is 20.4. The zero-order chi connectivity index (χ0) is 24.5. The minimum absolute atomic E-state index is 0.0215. The average Bonchev–Trinajstić information content (AvgIpc) is 2.85. The number of nitrogens with one attached hydrogen (secondary N) is 2. The van der Waals surface area contributed by atoms with E-state index in [1.54, 1.807) is 30.5 Å². The molecule has 0 saturated heterocycles. The molecule has 3 aromatic rings. The summed E-state index contributed by atoms with van der Waals surface area (Å²) in [4.78, 5) is 31.3. The number of pyridine rings is 1. The van der Waals surface area contributed by atoms with Gasteiger partial charge in [-0.3, -0.25) is 9.59 Å². The molecular weight excluding hydrogens is 509 g/mol. The highest BCUT2D eigenvalue weighted by molar-refractivity contribution is 9.10. The van der Waals surface area contributed by atoms with Crippen LogP contribution in [0.3, 0.4) is 0 Å². The predicted molar refractivity (Wildman–Crippen MR) is 136 cm³/mol. The normalized spacial score (nSPS) is 21.8. The van der Waals surface area contributed by atoms with Gasteiger partial charge in [-0.1, -0.05) is 49.0 Å². The fourth-order valence-corrected chi connectivity index (χ4v) is 5.27. The molecule has 0 saturated carbocycles. The van der Waals surface area contributed by atoms with E-state index in [4.69, 9.17) is 0 Å². The van der Waals surface area contributed by atoms with E-state index in [-0.39, 0.29) is 17.6 Å². The Morgan fingerprint density at radius 3 is 2.54 bits per heavy atom. The second-order valence-corrected chi connectivity index (χ2v) is 9.76. The third-order valence-electron chi connectivity index (χ3n) is 6.58. The van der Waals surface area contributed by atoms with E-state index in [1.165, 1.54) is 12.1 Å². The monoisotopic (exact) mass is 531 g/mol. The number of halogens is 2. The summed E-state index contributed by atoms with van der Waals surface area (Å²) in [5.41, 5.74) is 3.40. The van der Waals surface area contributed by atoms with Gasteiger partial charge in [0.05, 0.1) is 5.92 Å². The molecule has 2 aliphatic rings. The maximum Gasteiger partial charge on any atom is 0.235 e. The summed E-state index contributed by atoms with van der Waals surface area (Å²) in [6, 6.07) is 19.5. The van der Waals surface area contributed by atoms with Crippen LogP contribution in [0.2, 0.25) is 0 Å². The Morgan fingerprint density at radius 2 is 1.83 bits per heavy atom. The summed E-state index contributed by atoms with van der Waals surface area (Å²) in [6.45, 7) is 4.15. The number of aromatic nitrogens is 1. The van der Waals surface area contributed by atoms with Crippen LogP contribution in [0.1, 0.15) is 35.8 Å². The third kappa shape index (κ3) is 4.68. The Morgan fingerprint density at radius 1 is 1.06 bits per heavy atom. The van der Waals surface area contributed by atoms with Gasteiger partial charge >= 0.3 is 0 Å². The van der Waals surface area contributed by atoms with Gasteiger partial charge in [0.1, 0.15) is 11.6 Å². The number of anilines is 1. The molecule has 3 unspecified atom stereocenters. The lowest BCUT2D eigenvalue weighted by molar-refractivity contribution is -0.120. The molecule has 0 bridgehead atoms. The van der Waals surface area contributed by atoms with Crippen LogP contribution in [0, 0.1) is 11.7 Å². The molecule has 0 spiro atoms. The lowest BCUT2D eigenvalue weighted by atomic mass is 9.68. The first-order valence-electron chi connectivity index (χ1n) is 11.4. The van der Waals surface area contributed by atoms with Crippen molar-refractivity contribution in [1.29, 1.82) is 0 Å². The molecule has 0 radical (unpaired) electrons. The van der Waals surface area contributed by atoms with Gasteiger partial charge in [0.25, 0.3) is 0 Å². The smallest absolute Gasteiger partial charge is 0.235 e. The molecule has 1 amide bonds. The number of rotatable bonds is 4. The zero-order valence-electron chi connectivity index (χ0n) is 18.8. The van der Waals surface area contributed by atoms with Crippen molar-refractivity contribution in [3.05, 3.63) is 118 Å².